The first-order valence-electron chi connectivity index (χ1n) is 3.56. The van der Waals surface area contributed by atoms with Crippen LogP contribution in [0, 0.1) is 11.6 Å². The normalized spacial score (nSPS) is 14.2. The predicted octanol–water partition coefficient (Wildman–Crippen LogP) is 2.22. The van der Waals surface area contributed by atoms with Gasteiger partial charge in [-0.3, -0.25) is 4.79 Å². The van der Waals surface area contributed by atoms with E-state index in [1.54, 1.807) is 0 Å². The molecule has 0 radical (unpaired) electrons. The maximum atomic E-state index is 13.3. The van der Waals surface area contributed by atoms with Gasteiger partial charge in [-0.1, -0.05) is 0 Å². The quantitative estimate of drug-likeness (QED) is 0.701. The number of hydrogen-bond donors (Lipinski definition) is 1. The van der Waals surface area contributed by atoms with E-state index in [-0.39, 0.29) is 28.1 Å². The second-order valence-electron chi connectivity index (χ2n) is 2.73. The highest BCUT2D eigenvalue weighted by Gasteiger charge is 2.26. The molecule has 2 nitrogen and oxygen atoms in total. The van der Waals surface area contributed by atoms with Crippen molar-refractivity contribution in [2.24, 2.45) is 0 Å². The molecule has 68 valence electrons. The van der Waals surface area contributed by atoms with E-state index in [1.165, 1.54) is 0 Å². The summed E-state index contributed by atoms with van der Waals surface area (Å²) >= 11 is 2.87. The Kier molecular flexibility index (Phi) is 1.83. The number of anilines is 1. The molecule has 1 aromatic rings. The lowest BCUT2D eigenvalue weighted by molar-refractivity contribution is -0.115. The largest absolute Gasteiger partial charge is 0.323 e. The summed E-state index contributed by atoms with van der Waals surface area (Å²) in [6.07, 6.45) is -0.0997. The highest BCUT2D eigenvalue weighted by Crippen LogP contribution is 2.32. The Morgan fingerprint density at radius 1 is 1.46 bits per heavy atom. The van der Waals surface area contributed by atoms with Gasteiger partial charge in [-0.05, 0) is 22.0 Å². The number of fused-ring (bicyclic) bond motifs is 1. The summed E-state index contributed by atoms with van der Waals surface area (Å²) in [5, 5.41) is 2.26. The SMILES string of the molecule is O=C1Cc2c(F)c(Br)cc(F)c2N1. The van der Waals surface area contributed by atoms with Crippen LogP contribution in [0.15, 0.2) is 10.5 Å². The smallest absolute Gasteiger partial charge is 0.229 e. The number of benzene rings is 1. The van der Waals surface area contributed by atoms with E-state index < -0.39 is 11.6 Å². The molecular formula is C8H4BrF2NO. The van der Waals surface area contributed by atoms with Gasteiger partial charge in [0.2, 0.25) is 5.91 Å². The lowest BCUT2D eigenvalue weighted by Gasteiger charge is -2.02. The van der Waals surface area contributed by atoms with Gasteiger partial charge in [0.15, 0.2) is 0 Å². The minimum absolute atomic E-state index is 0.0364. The molecule has 0 fully saturated rings. The van der Waals surface area contributed by atoms with Crippen LogP contribution in [0.2, 0.25) is 0 Å². The third kappa shape index (κ3) is 1.23. The molecule has 1 heterocycles. The topological polar surface area (TPSA) is 29.1 Å². The Labute approximate surface area is 81.1 Å². The van der Waals surface area contributed by atoms with Gasteiger partial charge < -0.3 is 5.32 Å². The van der Waals surface area contributed by atoms with E-state index in [1.807, 2.05) is 0 Å². The molecule has 1 amide bonds. The average molecular weight is 248 g/mol. The maximum Gasteiger partial charge on any atom is 0.229 e. The maximum absolute atomic E-state index is 13.3. The fourth-order valence-electron chi connectivity index (χ4n) is 1.29. The Bertz CT molecular complexity index is 406. The van der Waals surface area contributed by atoms with Crippen LogP contribution in [-0.4, -0.2) is 5.91 Å². The fraction of sp³-hybridized carbons (Fsp3) is 0.125. The highest BCUT2D eigenvalue weighted by atomic mass is 79.9. The van der Waals surface area contributed by atoms with Gasteiger partial charge >= 0.3 is 0 Å². The first-order chi connectivity index (χ1) is 6.09. The molecule has 0 unspecified atom stereocenters. The van der Waals surface area contributed by atoms with Crippen molar-refractivity contribution < 1.29 is 13.6 Å². The van der Waals surface area contributed by atoms with Gasteiger partial charge in [0.25, 0.3) is 0 Å². The van der Waals surface area contributed by atoms with Crippen LogP contribution in [0.25, 0.3) is 0 Å². The average Bonchev–Trinajstić information content (AvgIpc) is 2.44. The third-order valence-corrected chi connectivity index (χ3v) is 2.45. The van der Waals surface area contributed by atoms with E-state index in [0.717, 1.165) is 6.07 Å². The summed E-state index contributed by atoms with van der Waals surface area (Å²) in [5.74, 6) is -1.57. The highest BCUT2D eigenvalue weighted by molar-refractivity contribution is 9.10. The van der Waals surface area contributed by atoms with Crippen molar-refractivity contribution in [2.75, 3.05) is 5.32 Å². The van der Waals surface area contributed by atoms with E-state index in [9.17, 15) is 13.6 Å². The van der Waals surface area contributed by atoms with E-state index in [4.69, 9.17) is 0 Å². The van der Waals surface area contributed by atoms with Crippen molar-refractivity contribution in [1.82, 2.24) is 0 Å². The van der Waals surface area contributed by atoms with Crippen LogP contribution in [0.3, 0.4) is 0 Å². The summed E-state index contributed by atoms with van der Waals surface area (Å²) in [6, 6.07) is 1.000. The molecule has 0 atom stereocenters. The molecule has 2 rings (SSSR count). The van der Waals surface area contributed by atoms with Crippen LogP contribution in [-0.2, 0) is 11.2 Å². The van der Waals surface area contributed by atoms with Gasteiger partial charge in [0, 0.05) is 5.56 Å². The minimum atomic E-state index is -0.617. The molecule has 1 aromatic carbocycles. The van der Waals surface area contributed by atoms with Crippen LogP contribution >= 0.6 is 15.9 Å². The van der Waals surface area contributed by atoms with Crippen molar-refractivity contribution in [1.29, 1.82) is 0 Å². The Morgan fingerprint density at radius 2 is 2.15 bits per heavy atom. The number of rotatable bonds is 0. The molecule has 1 aliphatic heterocycles. The van der Waals surface area contributed by atoms with Gasteiger partial charge in [0.1, 0.15) is 11.6 Å². The molecule has 0 aromatic heterocycles. The van der Waals surface area contributed by atoms with Crippen molar-refractivity contribution in [2.45, 2.75) is 6.42 Å². The predicted molar refractivity (Wildman–Crippen MR) is 46.4 cm³/mol. The summed E-state index contributed by atoms with van der Waals surface area (Å²) in [5.41, 5.74) is 0.0579. The Morgan fingerprint density at radius 3 is 2.85 bits per heavy atom. The van der Waals surface area contributed by atoms with Crippen molar-refractivity contribution >= 4 is 27.5 Å². The zero-order chi connectivity index (χ0) is 9.59. The molecule has 1 N–H and O–H groups in total. The van der Waals surface area contributed by atoms with Crippen molar-refractivity contribution in [3.8, 4) is 0 Å². The lowest BCUT2D eigenvalue weighted by atomic mass is 10.1. The molecule has 5 heteroatoms. The molecule has 0 saturated heterocycles. The summed E-state index contributed by atoms with van der Waals surface area (Å²) in [4.78, 5) is 10.9. The molecule has 0 spiro atoms. The van der Waals surface area contributed by atoms with Crippen molar-refractivity contribution in [3.05, 3.63) is 27.7 Å². The molecule has 1 aliphatic rings. The molecular weight excluding hydrogens is 244 g/mol. The first kappa shape index (κ1) is 8.62. The van der Waals surface area contributed by atoms with Crippen LogP contribution in [0.4, 0.5) is 14.5 Å². The van der Waals surface area contributed by atoms with Crippen molar-refractivity contribution in [3.63, 3.8) is 0 Å². The monoisotopic (exact) mass is 247 g/mol. The Balaban J connectivity index is 2.69. The molecule has 0 saturated carbocycles. The lowest BCUT2D eigenvalue weighted by Crippen LogP contribution is -2.04. The zero-order valence-corrected chi connectivity index (χ0v) is 7.91. The number of carbonyl (C=O) groups is 1. The molecule has 0 bridgehead atoms. The van der Waals surface area contributed by atoms with E-state index in [0.29, 0.717) is 0 Å². The molecule has 13 heavy (non-hydrogen) atoms. The van der Waals surface area contributed by atoms with E-state index in [2.05, 4.69) is 21.2 Å². The number of hydrogen-bond acceptors (Lipinski definition) is 1. The first-order valence-corrected chi connectivity index (χ1v) is 4.35. The van der Waals surface area contributed by atoms with E-state index >= 15 is 0 Å². The zero-order valence-electron chi connectivity index (χ0n) is 6.33. The second kappa shape index (κ2) is 2.77. The van der Waals surface area contributed by atoms with Crippen LogP contribution in [0.5, 0.6) is 0 Å². The van der Waals surface area contributed by atoms with Crippen LogP contribution in [0.1, 0.15) is 5.56 Å². The Hall–Kier alpha value is -0.970. The van der Waals surface area contributed by atoms with Gasteiger partial charge in [-0.2, -0.15) is 0 Å². The number of halogens is 3. The number of amides is 1. The van der Waals surface area contributed by atoms with Gasteiger partial charge in [0.05, 0.1) is 16.6 Å². The third-order valence-electron chi connectivity index (χ3n) is 1.87. The second-order valence-corrected chi connectivity index (χ2v) is 3.59. The van der Waals surface area contributed by atoms with Crippen LogP contribution < -0.4 is 5.32 Å². The summed E-state index contributed by atoms with van der Waals surface area (Å²) in [6.45, 7) is 0. The fourth-order valence-corrected chi connectivity index (χ4v) is 1.73. The summed E-state index contributed by atoms with van der Waals surface area (Å²) in [7, 11) is 0. The standard InChI is InChI=1S/C8H4BrF2NO/c9-4-2-5(10)8-3(7(4)11)1-6(13)12-8/h2H,1H2,(H,12,13). The molecule has 0 aliphatic carbocycles. The number of carbonyl (C=O) groups excluding carboxylic acids is 1. The van der Waals surface area contributed by atoms with Gasteiger partial charge in [-0.15, -0.1) is 0 Å². The summed E-state index contributed by atoms with van der Waals surface area (Å²) < 4.78 is 26.4. The van der Waals surface area contributed by atoms with Gasteiger partial charge in [-0.25, -0.2) is 8.78 Å². The minimum Gasteiger partial charge on any atom is -0.323 e. The number of nitrogens with one attached hydrogen (secondary N) is 1.